The molecule has 0 radical (unpaired) electrons. The molecule has 1 aliphatic heterocycles. The minimum Gasteiger partial charge on any atom is -0.362 e. The Morgan fingerprint density at radius 1 is 1.27 bits per heavy atom. The fourth-order valence-corrected chi connectivity index (χ4v) is 4.61. The maximum absolute atomic E-state index is 12.8. The molecule has 8 nitrogen and oxygen atoms in total. The summed E-state index contributed by atoms with van der Waals surface area (Å²) in [6.45, 7) is 4.32. The van der Waals surface area contributed by atoms with Crippen LogP contribution in [-0.4, -0.2) is 48.4 Å². The van der Waals surface area contributed by atoms with Gasteiger partial charge in [-0.2, -0.15) is 13.5 Å². The zero-order valence-electron chi connectivity index (χ0n) is 17.4. The third kappa shape index (κ3) is 5.20. The van der Waals surface area contributed by atoms with Gasteiger partial charge in [0.25, 0.3) is 10.0 Å². The lowest BCUT2D eigenvalue weighted by Crippen LogP contribution is -2.27. The highest BCUT2D eigenvalue weighted by atomic mass is 35.5. The molecular weight excluding hydrogens is 426 g/mol. The second-order valence-electron chi connectivity index (χ2n) is 7.43. The molecule has 162 valence electrons. The maximum atomic E-state index is 12.8. The number of amidine groups is 1. The van der Waals surface area contributed by atoms with Crippen LogP contribution in [0, 0.1) is 13.8 Å². The summed E-state index contributed by atoms with van der Waals surface area (Å²) in [5.41, 5.74) is 1.73. The number of anilines is 1. The first-order chi connectivity index (χ1) is 14.2. The molecule has 0 unspecified atom stereocenters. The molecule has 1 aromatic carbocycles. The number of rotatable bonds is 5. The van der Waals surface area contributed by atoms with E-state index >= 15 is 0 Å². The van der Waals surface area contributed by atoms with Crippen LogP contribution >= 0.6 is 11.6 Å². The lowest BCUT2D eigenvalue weighted by molar-refractivity contribution is -0.116. The SMILES string of the molecule is Cc1nn(CC(=O)Nc2cccc(S(=O)(=O)/N=C3/CCCCCN3C)c2)c(C)c1Cl. The molecule has 1 fully saturated rings. The number of aromatic nitrogens is 2. The average Bonchev–Trinajstić information content (AvgIpc) is 2.84. The van der Waals surface area contributed by atoms with Crippen molar-refractivity contribution in [1.82, 2.24) is 14.7 Å². The second kappa shape index (κ2) is 9.18. The van der Waals surface area contributed by atoms with Gasteiger partial charge >= 0.3 is 0 Å². The summed E-state index contributed by atoms with van der Waals surface area (Å²) in [6.07, 6.45) is 3.64. The van der Waals surface area contributed by atoms with Crippen LogP contribution in [-0.2, 0) is 21.4 Å². The Morgan fingerprint density at radius 3 is 2.73 bits per heavy atom. The number of carbonyl (C=O) groups excluding carboxylic acids is 1. The molecule has 1 aliphatic rings. The van der Waals surface area contributed by atoms with Gasteiger partial charge in [-0.05, 0) is 44.9 Å². The topological polar surface area (TPSA) is 96.7 Å². The van der Waals surface area contributed by atoms with Crippen LogP contribution < -0.4 is 5.32 Å². The van der Waals surface area contributed by atoms with E-state index in [1.165, 1.54) is 16.8 Å². The highest BCUT2D eigenvalue weighted by Gasteiger charge is 2.19. The number of benzene rings is 1. The van der Waals surface area contributed by atoms with Gasteiger partial charge < -0.3 is 10.2 Å². The molecule has 0 saturated carbocycles. The molecule has 0 bridgehead atoms. The number of likely N-dealkylation sites (tertiary alicyclic amines) is 1. The molecule has 2 heterocycles. The lowest BCUT2D eigenvalue weighted by atomic mass is 10.2. The molecule has 0 spiro atoms. The van der Waals surface area contributed by atoms with Crippen molar-refractivity contribution in [2.75, 3.05) is 18.9 Å². The highest BCUT2D eigenvalue weighted by Crippen LogP contribution is 2.21. The number of hydrogen-bond donors (Lipinski definition) is 1. The largest absolute Gasteiger partial charge is 0.362 e. The molecule has 0 aliphatic carbocycles. The maximum Gasteiger partial charge on any atom is 0.284 e. The van der Waals surface area contributed by atoms with Crippen molar-refractivity contribution >= 4 is 39.1 Å². The average molecular weight is 452 g/mol. The zero-order valence-corrected chi connectivity index (χ0v) is 18.9. The molecular formula is C20H26ClN5O3S. The third-order valence-corrected chi connectivity index (χ3v) is 6.91. The summed E-state index contributed by atoms with van der Waals surface area (Å²) in [6, 6.07) is 6.12. The number of nitrogens with one attached hydrogen (secondary N) is 1. The predicted molar refractivity (Wildman–Crippen MR) is 118 cm³/mol. The number of sulfonamides is 1. The minimum absolute atomic E-state index is 0.0243. The van der Waals surface area contributed by atoms with Crippen LogP contribution in [0.5, 0.6) is 0 Å². The van der Waals surface area contributed by atoms with Crippen LogP contribution in [0.4, 0.5) is 5.69 Å². The van der Waals surface area contributed by atoms with Crippen LogP contribution in [0.2, 0.25) is 5.02 Å². The van der Waals surface area contributed by atoms with E-state index in [1.54, 1.807) is 26.0 Å². The Kier molecular flexibility index (Phi) is 6.82. The molecule has 3 rings (SSSR count). The van der Waals surface area contributed by atoms with Crippen LogP contribution in [0.25, 0.3) is 0 Å². The van der Waals surface area contributed by atoms with Crippen molar-refractivity contribution in [2.24, 2.45) is 4.40 Å². The van der Waals surface area contributed by atoms with E-state index in [-0.39, 0.29) is 17.3 Å². The molecule has 1 saturated heterocycles. The molecule has 1 N–H and O–H groups in total. The van der Waals surface area contributed by atoms with Crippen molar-refractivity contribution in [1.29, 1.82) is 0 Å². The monoisotopic (exact) mass is 451 g/mol. The second-order valence-corrected chi connectivity index (χ2v) is 9.42. The van der Waals surface area contributed by atoms with Gasteiger partial charge in [-0.15, -0.1) is 4.40 Å². The van der Waals surface area contributed by atoms with Crippen LogP contribution in [0.3, 0.4) is 0 Å². The van der Waals surface area contributed by atoms with E-state index in [0.29, 0.717) is 34.4 Å². The number of nitrogens with zero attached hydrogens (tertiary/aromatic N) is 4. The van der Waals surface area contributed by atoms with Gasteiger partial charge in [-0.25, -0.2) is 0 Å². The van der Waals surface area contributed by atoms with Crippen LogP contribution in [0.15, 0.2) is 33.6 Å². The van der Waals surface area contributed by atoms with E-state index in [1.807, 2.05) is 11.9 Å². The Morgan fingerprint density at radius 2 is 2.03 bits per heavy atom. The van der Waals surface area contributed by atoms with Gasteiger partial charge in [0.1, 0.15) is 12.4 Å². The van der Waals surface area contributed by atoms with E-state index in [9.17, 15) is 13.2 Å². The van der Waals surface area contributed by atoms with E-state index in [4.69, 9.17) is 11.6 Å². The Bertz CT molecular complexity index is 1080. The van der Waals surface area contributed by atoms with Gasteiger partial charge in [-0.3, -0.25) is 9.48 Å². The number of halogens is 1. The summed E-state index contributed by atoms with van der Waals surface area (Å²) in [5, 5.41) is 7.47. The first-order valence-corrected chi connectivity index (χ1v) is 11.6. The molecule has 0 atom stereocenters. The van der Waals surface area contributed by atoms with Gasteiger partial charge in [0, 0.05) is 25.7 Å². The Labute approximate surface area is 182 Å². The highest BCUT2D eigenvalue weighted by molar-refractivity contribution is 7.90. The lowest BCUT2D eigenvalue weighted by Gasteiger charge is -2.17. The fraction of sp³-hybridized carbons (Fsp3) is 0.450. The molecule has 1 amide bonds. The minimum atomic E-state index is -3.88. The molecule has 10 heteroatoms. The van der Waals surface area contributed by atoms with E-state index in [0.717, 1.165) is 25.8 Å². The summed E-state index contributed by atoms with van der Waals surface area (Å²) in [5.74, 6) is 0.241. The van der Waals surface area contributed by atoms with Gasteiger partial charge in [0.05, 0.1) is 21.3 Å². The van der Waals surface area contributed by atoms with Crippen molar-refractivity contribution < 1.29 is 13.2 Å². The number of amides is 1. The fourth-order valence-electron chi connectivity index (χ4n) is 3.34. The number of aryl methyl sites for hydroxylation is 1. The summed E-state index contributed by atoms with van der Waals surface area (Å²) in [4.78, 5) is 14.4. The van der Waals surface area contributed by atoms with Crippen LogP contribution in [0.1, 0.15) is 37.1 Å². The van der Waals surface area contributed by atoms with Crippen molar-refractivity contribution in [3.8, 4) is 0 Å². The van der Waals surface area contributed by atoms with E-state index in [2.05, 4.69) is 14.8 Å². The number of hydrogen-bond acceptors (Lipinski definition) is 4. The van der Waals surface area contributed by atoms with Gasteiger partial charge in [0.2, 0.25) is 5.91 Å². The summed E-state index contributed by atoms with van der Waals surface area (Å²) < 4.78 is 31.2. The summed E-state index contributed by atoms with van der Waals surface area (Å²) >= 11 is 6.12. The Hall–Kier alpha value is -2.39. The normalized spacial score (nSPS) is 16.5. The summed E-state index contributed by atoms with van der Waals surface area (Å²) in [7, 11) is -2.01. The van der Waals surface area contributed by atoms with Gasteiger partial charge in [0.15, 0.2) is 0 Å². The number of carbonyl (C=O) groups is 1. The van der Waals surface area contributed by atoms with Crippen molar-refractivity contribution in [3.63, 3.8) is 0 Å². The third-order valence-electron chi connectivity index (χ3n) is 5.06. The zero-order chi connectivity index (χ0) is 21.9. The quantitative estimate of drug-likeness (QED) is 0.751. The molecule has 1 aromatic heterocycles. The predicted octanol–water partition coefficient (Wildman–Crippen LogP) is 3.39. The smallest absolute Gasteiger partial charge is 0.284 e. The molecule has 2 aromatic rings. The first-order valence-electron chi connectivity index (χ1n) is 9.82. The first kappa shape index (κ1) is 22.3. The molecule has 30 heavy (non-hydrogen) atoms. The van der Waals surface area contributed by atoms with E-state index < -0.39 is 10.0 Å². The standard InChI is InChI=1S/C20H26ClN5O3S/c1-14-20(21)15(2)26(23-14)13-19(27)22-16-8-7-9-17(12-16)30(28,29)24-18-10-5-4-6-11-25(18)3/h7-9,12H,4-6,10-11,13H2,1-3H3,(H,22,27)/b24-18-. The Balaban J connectivity index is 1.76. The van der Waals surface area contributed by atoms with Crippen molar-refractivity contribution in [2.45, 2.75) is 51.0 Å². The van der Waals surface area contributed by atoms with Crippen molar-refractivity contribution in [3.05, 3.63) is 40.7 Å². The van der Waals surface area contributed by atoms with Gasteiger partial charge in [-0.1, -0.05) is 24.1 Å².